The lowest BCUT2D eigenvalue weighted by Gasteiger charge is -2.08. The molecular weight excluding hydrogens is 347 g/mol. The molecule has 126 valence electrons. The molecular formula is C18H18Cl2N2O2. The molecule has 24 heavy (non-hydrogen) atoms. The minimum Gasteiger partial charge on any atom is -0.354 e. The minimum atomic E-state index is -0.156. The van der Waals surface area contributed by atoms with E-state index in [2.05, 4.69) is 10.6 Å². The van der Waals surface area contributed by atoms with E-state index in [9.17, 15) is 9.59 Å². The fraction of sp³-hybridized carbons (Fsp3) is 0.222. The Morgan fingerprint density at radius 3 is 2.08 bits per heavy atom. The molecule has 2 N–H and O–H groups in total. The summed E-state index contributed by atoms with van der Waals surface area (Å²) in [6, 6.07) is 14.5. The van der Waals surface area contributed by atoms with Crippen LogP contribution in [0.2, 0.25) is 10.0 Å². The summed E-state index contributed by atoms with van der Waals surface area (Å²) in [5.74, 6) is -0.229. The van der Waals surface area contributed by atoms with E-state index in [1.165, 1.54) is 0 Å². The van der Waals surface area contributed by atoms with Gasteiger partial charge in [0.2, 0.25) is 11.8 Å². The zero-order valence-electron chi connectivity index (χ0n) is 13.0. The van der Waals surface area contributed by atoms with E-state index in [4.69, 9.17) is 23.2 Å². The fourth-order valence-corrected chi connectivity index (χ4v) is 2.62. The molecule has 0 radical (unpaired) electrons. The van der Waals surface area contributed by atoms with Gasteiger partial charge in [-0.05, 0) is 23.3 Å². The van der Waals surface area contributed by atoms with Crippen molar-refractivity contribution in [2.45, 2.75) is 12.8 Å². The highest BCUT2D eigenvalue weighted by atomic mass is 35.5. The standard InChI is InChI=1S/C18H18Cl2N2O2/c19-15-7-6-14(16(20)12-15)11-18(24)22-9-8-21-17(23)10-13-4-2-1-3-5-13/h1-7,12H,8-11H2,(H,21,23)(H,22,24). The van der Waals surface area contributed by atoms with Crippen LogP contribution in [0.25, 0.3) is 0 Å². The van der Waals surface area contributed by atoms with Gasteiger partial charge < -0.3 is 10.6 Å². The first-order chi connectivity index (χ1) is 11.5. The first-order valence-corrected chi connectivity index (χ1v) is 8.31. The lowest BCUT2D eigenvalue weighted by molar-refractivity contribution is -0.122. The molecule has 4 nitrogen and oxygen atoms in total. The minimum absolute atomic E-state index is 0.0730. The quantitative estimate of drug-likeness (QED) is 0.741. The van der Waals surface area contributed by atoms with Crippen LogP contribution in [0.3, 0.4) is 0 Å². The van der Waals surface area contributed by atoms with Gasteiger partial charge in [-0.25, -0.2) is 0 Å². The predicted octanol–water partition coefficient (Wildman–Crippen LogP) is 3.01. The summed E-state index contributed by atoms with van der Waals surface area (Å²) in [5, 5.41) is 6.52. The van der Waals surface area contributed by atoms with Crippen LogP contribution in [-0.2, 0) is 22.4 Å². The molecule has 0 spiro atoms. The zero-order valence-corrected chi connectivity index (χ0v) is 14.5. The maximum Gasteiger partial charge on any atom is 0.224 e. The molecule has 0 unspecified atom stereocenters. The number of hydrogen-bond donors (Lipinski definition) is 2. The Bertz CT molecular complexity index is 705. The van der Waals surface area contributed by atoms with Gasteiger partial charge in [0.1, 0.15) is 0 Å². The van der Waals surface area contributed by atoms with E-state index in [0.29, 0.717) is 35.1 Å². The van der Waals surface area contributed by atoms with Crippen LogP contribution < -0.4 is 10.6 Å². The highest BCUT2D eigenvalue weighted by Crippen LogP contribution is 2.21. The van der Waals surface area contributed by atoms with Crippen LogP contribution in [0, 0.1) is 0 Å². The molecule has 2 aromatic carbocycles. The Balaban J connectivity index is 1.66. The predicted molar refractivity (Wildman–Crippen MR) is 96.3 cm³/mol. The van der Waals surface area contributed by atoms with Crippen molar-refractivity contribution >= 4 is 35.0 Å². The number of benzene rings is 2. The number of halogens is 2. The van der Waals surface area contributed by atoms with Gasteiger partial charge in [-0.2, -0.15) is 0 Å². The van der Waals surface area contributed by atoms with E-state index in [-0.39, 0.29) is 18.2 Å². The molecule has 0 saturated heterocycles. The van der Waals surface area contributed by atoms with Crippen molar-refractivity contribution in [2.75, 3.05) is 13.1 Å². The number of amides is 2. The van der Waals surface area contributed by atoms with Gasteiger partial charge in [0.25, 0.3) is 0 Å². The Morgan fingerprint density at radius 2 is 1.46 bits per heavy atom. The summed E-state index contributed by atoms with van der Waals surface area (Å²) < 4.78 is 0. The van der Waals surface area contributed by atoms with Crippen LogP contribution >= 0.6 is 23.2 Å². The maximum absolute atomic E-state index is 11.9. The van der Waals surface area contributed by atoms with E-state index in [0.717, 1.165) is 5.56 Å². The topological polar surface area (TPSA) is 58.2 Å². The second-order valence-electron chi connectivity index (χ2n) is 5.27. The van der Waals surface area contributed by atoms with Gasteiger partial charge >= 0.3 is 0 Å². The van der Waals surface area contributed by atoms with Gasteiger partial charge in [-0.15, -0.1) is 0 Å². The largest absolute Gasteiger partial charge is 0.354 e. The van der Waals surface area contributed by atoms with Gasteiger partial charge in [0.15, 0.2) is 0 Å². The van der Waals surface area contributed by atoms with Crippen molar-refractivity contribution in [1.29, 1.82) is 0 Å². The molecule has 0 atom stereocenters. The number of rotatable bonds is 7. The SMILES string of the molecule is O=C(Cc1ccccc1)NCCNC(=O)Cc1ccc(Cl)cc1Cl. The second kappa shape index (κ2) is 9.30. The molecule has 0 heterocycles. The van der Waals surface area contributed by atoms with E-state index in [1.807, 2.05) is 30.3 Å². The van der Waals surface area contributed by atoms with Gasteiger partial charge in [-0.1, -0.05) is 59.6 Å². The number of carbonyl (C=O) groups is 2. The first-order valence-electron chi connectivity index (χ1n) is 7.56. The van der Waals surface area contributed by atoms with Crippen LogP contribution in [0.15, 0.2) is 48.5 Å². The van der Waals surface area contributed by atoms with Crippen molar-refractivity contribution in [3.8, 4) is 0 Å². The van der Waals surface area contributed by atoms with Gasteiger partial charge in [0, 0.05) is 23.1 Å². The van der Waals surface area contributed by atoms with Gasteiger partial charge in [0.05, 0.1) is 12.8 Å². The molecule has 2 aromatic rings. The van der Waals surface area contributed by atoms with Crippen LogP contribution in [0.1, 0.15) is 11.1 Å². The summed E-state index contributed by atoms with van der Waals surface area (Å²) in [5.41, 5.74) is 1.67. The van der Waals surface area contributed by atoms with Crippen molar-refractivity contribution < 1.29 is 9.59 Å². The third-order valence-electron chi connectivity index (χ3n) is 3.34. The molecule has 2 amide bonds. The molecule has 0 fully saturated rings. The molecule has 0 aliphatic rings. The van der Waals surface area contributed by atoms with E-state index < -0.39 is 0 Å². The normalized spacial score (nSPS) is 10.2. The van der Waals surface area contributed by atoms with Crippen LogP contribution in [-0.4, -0.2) is 24.9 Å². The highest BCUT2D eigenvalue weighted by Gasteiger charge is 2.08. The average Bonchev–Trinajstić information content (AvgIpc) is 2.55. The average molecular weight is 365 g/mol. The summed E-state index contributed by atoms with van der Waals surface area (Å²) in [6.07, 6.45) is 0.503. The molecule has 0 aliphatic carbocycles. The number of carbonyl (C=O) groups excluding carboxylic acids is 2. The Kier molecular flexibility index (Phi) is 7.09. The third-order valence-corrected chi connectivity index (χ3v) is 3.93. The van der Waals surface area contributed by atoms with E-state index in [1.54, 1.807) is 18.2 Å². The number of nitrogens with one attached hydrogen (secondary N) is 2. The molecule has 0 aliphatic heterocycles. The summed E-state index contributed by atoms with van der Waals surface area (Å²) in [6.45, 7) is 0.746. The molecule has 0 aromatic heterocycles. The molecule has 6 heteroatoms. The maximum atomic E-state index is 11.9. The lowest BCUT2D eigenvalue weighted by atomic mass is 10.1. The monoisotopic (exact) mass is 364 g/mol. The van der Waals surface area contributed by atoms with Gasteiger partial charge in [-0.3, -0.25) is 9.59 Å². The van der Waals surface area contributed by atoms with Crippen molar-refractivity contribution in [2.24, 2.45) is 0 Å². The molecule has 0 saturated carbocycles. The summed E-state index contributed by atoms with van der Waals surface area (Å²) in [4.78, 5) is 23.6. The summed E-state index contributed by atoms with van der Waals surface area (Å²) in [7, 11) is 0. The lowest BCUT2D eigenvalue weighted by Crippen LogP contribution is -2.35. The van der Waals surface area contributed by atoms with E-state index >= 15 is 0 Å². The fourth-order valence-electron chi connectivity index (χ4n) is 2.15. The Hall–Kier alpha value is -2.04. The Morgan fingerprint density at radius 1 is 0.833 bits per heavy atom. The van der Waals surface area contributed by atoms with Crippen molar-refractivity contribution in [1.82, 2.24) is 10.6 Å². The second-order valence-corrected chi connectivity index (χ2v) is 6.12. The van der Waals surface area contributed by atoms with Crippen LogP contribution in [0.5, 0.6) is 0 Å². The molecule has 2 rings (SSSR count). The molecule has 0 bridgehead atoms. The highest BCUT2D eigenvalue weighted by molar-refractivity contribution is 6.35. The Labute approximate surface area is 151 Å². The first kappa shape index (κ1) is 18.3. The van der Waals surface area contributed by atoms with Crippen molar-refractivity contribution in [3.63, 3.8) is 0 Å². The zero-order chi connectivity index (χ0) is 17.4. The smallest absolute Gasteiger partial charge is 0.224 e. The van der Waals surface area contributed by atoms with Crippen LogP contribution in [0.4, 0.5) is 0 Å². The van der Waals surface area contributed by atoms with Crippen molar-refractivity contribution in [3.05, 3.63) is 69.7 Å². The third kappa shape index (κ3) is 6.22. The summed E-state index contributed by atoms with van der Waals surface area (Å²) >= 11 is 11.9. The number of hydrogen-bond acceptors (Lipinski definition) is 2.